The molecule has 0 aliphatic rings. The van der Waals surface area contributed by atoms with Gasteiger partial charge in [-0.15, -0.1) is 0 Å². The van der Waals surface area contributed by atoms with E-state index in [4.69, 9.17) is 20.1 Å². The van der Waals surface area contributed by atoms with E-state index in [9.17, 15) is 9.59 Å². The number of unbranched alkanes of at least 4 members (excludes halogenated alkanes) is 3. The molecule has 21 heavy (non-hydrogen) atoms. The van der Waals surface area contributed by atoms with Gasteiger partial charge in [0.1, 0.15) is 12.7 Å². The minimum absolute atomic E-state index is 0.298. The second-order valence-corrected chi connectivity index (χ2v) is 4.96. The lowest BCUT2D eigenvalue weighted by Gasteiger charge is -2.14. The van der Waals surface area contributed by atoms with E-state index >= 15 is 0 Å². The molecule has 0 aromatic rings. The summed E-state index contributed by atoms with van der Waals surface area (Å²) in [5.74, 6) is -2.50. The minimum atomic E-state index is -1.14. The smallest absolute Gasteiger partial charge is 0.309 e. The second-order valence-electron chi connectivity index (χ2n) is 4.96. The lowest BCUT2D eigenvalue weighted by Crippen LogP contribution is -2.26. The van der Waals surface area contributed by atoms with Crippen LogP contribution >= 0.6 is 0 Å². The Labute approximate surface area is 125 Å². The maximum Gasteiger partial charge on any atom is 0.309 e. The summed E-state index contributed by atoms with van der Waals surface area (Å²) in [6, 6.07) is 0. The maximum absolute atomic E-state index is 11.8. The number of ether oxygens (including phenoxy) is 1. The lowest BCUT2D eigenvalue weighted by atomic mass is 10.0. The van der Waals surface area contributed by atoms with Gasteiger partial charge < -0.3 is 20.1 Å². The van der Waals surface area contributed by atoms with E-state index in [1.165, 1.54) is 0 Å². The van der Waals surface area contributed by atoms with Crippen molar-refractivity contribution in [3.63, 3.8) is 0 Å². The van der Waals surface area contributed by atoms with Crippen molar-refractivity contribution in [2.45, 2.75) is 51.6 Å². The Hall–Kier alpha value is -1.40. The van der Waals surface area contributed by atoms with Gasteiger partial charge in [-0.25, -0.2) is 0 Å². The van der Waals surface area contributed by atoms with Crippen molar-refractivity contribution >= 4 is 11.9 Å². The normalized spacial score (nSPS) is 14.0. The first-order chi connectivity index (χ1) is 10.0. The Morgan fingerprint density at radius 1 is 1.24 bits per heavy atom. The van der Waals surface area contributed by atoms with Crippen molar-refractivity contribution in [3.05, 3.63) is 12.2 Å². The second kappa shape index (κ2) is 12.3. The Bertz CT molecular complexity index is 326. The molecule has 0 aliphatic carbocycles. The van der Waals surface area contributed by atoms with E-state index in [1.54, 1.807) is 6.08 Å². The molecule has 0 aromatic carbocycles. The molecular formula is C15H26O6. The molecule has 122 valence electrons. The third-order valence-corrected chi connectivity index (χ3v) is 2.94. The van der Waals surface area contributed by atoms with Gasteiger partial charge >= 0.3 is 11.9 Å². The molecule has 0 rings (SSSR count). The van der Waals surface area contributed by atoms with E-state index in [1.807, 2.05) is 6.08 Å². The Morgan fingerprint density at radius 2 is 1.95 bits per heavy atom. The van der Waals surface area contributed by atoms with E-state index in [2.05, 4.69) is 6.92 Å². The molecule has 0 saturated heterocycles. The third kappa shape index (κ3) is 11.0. The number of carbonyl (C=O) groups excluding carboxylic acids is 1. The monoisotopic (exact) mass is 302 g/mol. The van der Waals surface area contributed by atoms with Gasteiger partial charge in [0.15, 0.2) is 0 Å². The van der Waals surface area contributed by atoms with Crippen molar-refractivity contribution in [1.29, 1.82) is 0 Å². The number of aliphatic carboxylic acids is 1. The van der Waals surface area contributed by atoms with Crippen LogP contribution < -0.4 is 0 Å². The number of carboxylic acid groups (broad SMARTS) is 1. The Kier molecular flexibility index (Phi) is 11.5. The largest absolute Gasteiger partial charge is 0.481 e. The van der Waals surface area contributed by atoms with Gasteiger partial charge in [0.25, 0.3) is 0 Å². The number of rotatable bonds is 12. The fourth-order valence-electron chi connectivity index (χ4n) is 1.71. The molecule has 6 nitrogen and oxygen atoms in total. The number of carbonyl (C=O) groups is 2. The Balaban J connectivity index is 4.23. The summed E-state index contributed by atoms with van der Waals surface area (Å²) in [5, 5.41) is 26.5. The molecule has 0 fully saturated rings. The zero-order chi connectivity index (χ0) is 16.1. The van der Waals surface area contributed by atoms with Crippen LogP contribution in [0.4, 0.5) is 0 Å². The van der Waals surface area contributed by atoms with E-state index in [0.29, 0.717) is 6.42 Å². The number of allylic oxidation sites excluding steroid dienone is 2. The molecule has 2 atom stereocenters. The third-order valence-electron chi connectivity index (χ3n) is 2.94. The first-order valence-corrected chi connectivity index (χ1v) is 7.33. The molecule has 0 spiro atoms. The highest BCUT2D eigenvalue weighted by Crippen LogP contribution is 2.13. The van der Waals surface area contributed by atoms with Crippen molar-refractivity contribution in [2.75, 3.05) is 13.2 Å². The predicted molar refractivity (Wildman–Crippen MR) is 77.7 cm³/mol. The van der Waals surface area contributed by atoms with Gasteiger partial charge in [0, 0.05) is 0 Å². The van der Waals surface area contributed by atoms with Crippen molar-refractivity contribution in [1.82, 2.24) is 0 Å². The summed E-state index contributed by atoms with van der Waals surface area (Å²) in [4.78, 5) is 22.5. The van der Waals surface area contributed by atoms with Gasteiger partial charge in [-0.2, -0.15) is 0 Å². The number of hydrogen-bond donors (Lipinski definition) is 3. The summed E-state index contributed by atoms with van der Waals surface area (Å²) >= 11 is 0. The summed E-state index contributed by atoms with van der Waals surface area (Å²) in [7, 11) is 0. The average Bonchev–Trinajstić information content (AvgIpc) is 2.46. The highest BCUT2D eigenvalue weighted by molar-refractivity contribution is 5.79. The van der Waals surface area contributed by atoms with Crippen molar-refractivity contribution < 1.29 is 29.6 Å². The van der Waals surface area contributed by atoms with Gasteiger partial charge in [0.2, 0.25) is 0 Å². The fourth-order valence-corrected chi connectivity index (χ4v) is 1.71. The maximum atomic E-state index is 11.8. The van der Waals surface area contributed by atoms with Crippen LogP contribution in [0.2, 0.25) is 0 Å². The van der Waals surface area contributed by atoms with Gasteiger partial charge in [-0.05, 0) is 19.3 Å². The predicted octanol–water partition coefficient (Wildman–Crippen LogP) is 1.50. The highest BCUT2D eigenvalue weighted by atomic mass is 16.5. The van der Waals surface area contributed by atoms with E-state index < -0.39 is 30.6 Å². The van der Waals surface area contributed by atoms with Crippen LogP contribution in [0, 0.1) is 5.92 Å². The topological polar surface area (TPSA) is 104 Å². The van der Waals surface area contributed by atoms with E-state index in [0.717, 1.165) is 25.7 Å². The number of carboxylic acids is 1. The molecule has 6 heteroatoms. The molecule has 0 aliphatic heterocycles. The van der Waals surface area contributed by atoms with Crippen LogP contribution in [-0.2, 0) is 14.3 Å². The average molecular weight is 302 g/mol. The van der Waals surface area contributed by atoms with E-state index in [-0.39, 0.29) is 13.0 Å². The Morgan fingerprint density at radius 3 is 2.52 bits per heavy atom. The fraction of sp³-hybridized carbons (Fsp3) is 0.733. The van der Waals surface area contributed by atoms with Crippen LogP contribution in [0.15, 0.2) is 12.2 Å². The summed E-state index contributed by atoms with van der Waals surface area (Å²) in [5.41, 5.74) is 0. The summed E-state index contributed by atoms with van der Waals surface area (Å²) in [6.45, 7) is 1.28. The molecule has 0 radical (unpaired) electrons. The van der Waals surface area contributed by atoms with Crippen LogP contribution in [-0.4, -0.2) is 46.6 Å². The summed E-state index contributed by atoms with van der Waals surface area (Å²) < 4.78 is 4.81. The standard InChI is InChI=1S/C15H26O6/c1-2-3-4-5-6-7-8-12(9-14(18)19)15(20)21-11-13(17)10-16/h6-7,12-13,16-17H,2-5,8-11H2,1H3,(H,18,19)/b7-6-. The zero-order valence-corrected chi connectivity index (χ0v) is 12.5. The molecule has 2 unspecified atom stereocenters. The van der Waals surface area contributed by atoms with Gasteiger partial charge in [0.05, 0.1) is 18.9 Å². The first kappa shape index (κ1) is 19.6. The minimum Gasteiger partial charge on any atom is -0.481 e. The number of esters is 1. The molecule has 3 N–H and O–H groups in total. The SMILES string of the molecule is CCCCC/C=C\CC(CC(=O)O)C(=O)OCC(O)CO. The molecule has 0 amide bonds. The van der Waals surface area contributed by atoms with Crippen LogP contribution in [0.25, 0.3) is 0 Å². The number of hydrogen-bond acceptors (Lipinski definition) is 5. The molecule has 0 saturated carbocycles. The first-order valence-electron chi connectivity index (χ1n) is 7.33. The van der Waals surface area contributed by atoms with Crippen LogP contribution in [0.5, 0.6) is 0 Å². The highest BCUT2D eigenvalue weighted by Gasteiger charge is 2.22. The molecular weight excluding hydrogens is 276 g/mol. The quantitative estimate of drug-likeness (QED) is 0.287. The lowest BCUT2D eigenvalue weighted by molar-refractivity contribution is -0.155. The zero-order valence-electron chi connectivity index (χ0n) is 12.5. The van der Waals surface area contributed by atoms with Crippen LogP contribution in [0.3, 0.4) is 0 Å². The molecule has 0 aromatic heterocycles. The summed E-state index contributed by atoms with van der Waals surface area (Å²) in [6.07, 6.45) is 6.85. The van der Waals surface area contributed by atoms with Gasteiger partial charge in [-0.3, -0.25) is 9.59 Å². The van der Waals surface area contributed by atoms with Crippen LogP contribution in [0.1, 0.15) is 45.4 Å². The van der Waals surface area contributed by atoms with Crippen molar-refractivity contribution in [3.8, 4) is 0 Å². The number of aliphatic hydroxyl groups is 2. The van der Waals surface area contributed by atoms with Gasteiger partial charge in [-0.1, -0.05) is 31.9 Å². The number of aliphatic hydroxyl groups excluding tert-OH is 2. The molecule has 0 bridgehead atoms. The molecule has 0 heterocycles. The van der Waals surface area contributed by atoms with Crippen molar-refractivity contribution in [2.24, 2.45) is 5.92 Å².